The van der Waals surface area contributed by atoms with Crippen LogP contribution >= 0.6 is 0 Å². The first kappa shape index (κ1) is 17.7. The van der Waals surface area contributed by atoms with Gasteiger partial charge < -0.3 is 5.11 Å². The van der Waals surface area contributed by atoms with Gasteiger partial charge in [-0.15, -0.1) is 0 Å². The van der Waals surface area contributed by atoms with Gasteiger partial charge in [-0.25, -0.2) is 0 Å². The molecule has 1 rings (SSSR count). The van der Waals surface area contributed by atoms with Gasteiger partial charge >= 0.3 is 5.97 Å². The number of aliphatic carboxylic acids is 1. The van der Waals surface area contributed by atoms with Gasteiger partial charge in [-0.1, -0.05) is 70.9 Å². The lowest BCUT2D eigenvalue weighted by Crippen LogP contribution is -2.42. The Balaban J connectivity index is 3.26. The first-order valence-corrected chi connectivity index (χ1v) is 8.28. The van der Waals surface area contributed by atoms with Crippen LogP contribution in [0.2, 0.25) is 0 Å². The third-order valence-electron chi connectivity index (χ3n) is 5.09. The van der Waals surface area contributed by atoms with Crippen LogP contribution in [-0.2, 0) is 11.2 Å². The maximum atomic E-state index is 11.9. The van der Waals surface area contributed by atoms with Crippen molar-refractivity contribution in [3.05, 3.63) is 35.9 Å². The zero-order valence-electron chi connectivity index (χ0n) is 13.9. The topological polar surface area (TPSA) is 37.3 Å². The second kappa shape index (κ2) is 8.21. The Morgan fingerprint density at radius 3 is 2.19 bits per heavy atom. The minimum absolute atomic E-state index is 0.147. The van der Waals surface area contributed by atoms with Gasteiger partial charge in [0.25, 0.3) is 0 Å². The standard InChI is InChI=1S/C19H30O2/c1-5-13-19(15(4)6-2,17(7-3)18(20)21)14-16-11-9-8-10-12-16/h8-12,15,17H,5-7,13-14H2,1-4H3,(H,20,21). The predicted molar refractivity (Wildman–Crippen MR) is 88.4 cm³/mol. The molecule has 0 heterocycles. The van der Waals surface area contributed by atoms with Gasteiger partial charge in [0.2, 0.25) is 0 Å². The number of carbonyl (C=O) groups is 1. The van der Waals surface area contributed by atoms with E-state index in [1.165, 1.54) is 5.56 Å². The monoisotopic (exact) mass is 290 g/mol. The molecule has 1 N–H and O–H groups in total. The van der Waals surface area contributed by atoms with Gasteiger partial charge in [0, 0.05) is 0 Å². The summed E-state index contributed by atoms with van der Waals surface area (Å²) in [5.74, 6) is -0.506. The fraction of sp³-hybridized carbons (Fsp3) is 0.632. The summed E-state index contributed by atoms with van der Waals surface area (Å²) in [6.45, 7) is 8.58. The molecular formula is C19H30O2. The number of hydrogen-bond donors (Lipinski definition) is 1. The summed E-state index contributed by atoms with van der Waals surface area (Å²) in [5, 5.41) is 9.76. The van der Waals surface area contributed by atoms with Crippen molar-refractivity contribution in [2.24, 2.45) is 17.3 Å². The molecule has 0 amide bonds. The Morgan fingerprint density at radius 2 is 1.76 bits per heavy atom. The molecule has 1 aromatic carbocycles. The van der Waals surface area contributed by atoms with E-state index in [0.29, 0.717) is 12.3 Å². The van der Waals surface area contributed by atoms with Gasteiger partial charge in [-0.3, -0.25) is 4.79 Å². The zero-order chi connectivity index (χ0) is 15.9. The number of carboxylic acids is 1. The van der Waals surface area contributed by atoms with Crippen molar-refractivity contribution in [2.75, 3.05) is 0 Å². The zero-order valence-corrected chi connectivity index (χ0v) is 13.9. The van der Waals surface area contributed by atoms with Gasteiger partial charge in [-0.2, -0.15) is 0 Å². The summed E-state index contributed by atoms with van der Waals surface area (Å²) in [6, 6.07) is 10.4. The van der Waals surface area contributed by atoms with E-state index in [0.717, 1.165) is 25.7 Å². The van der Waals surface area contributed by atoms with Crippen LogP contribution in [0.15, 0.2) is 30.3 Å². The van der Waals surface area contributed by atoms with E-state index in [9.17, 15) is 9.90 Å². The van der Waals surface area contributed by atoms with Crippen molar-refractivity contribution in [2.45, 2.75) is 59.8 Å². The lowest BCUT2D eigenvalue weighted by atomic mass is 9.60. The highest BCUT2D eigenvalue weighted by atomic mass is 16.4. The van der Waals surface area contributed by atoms with E-state index >= 15 is 0 Å². The molecule has 2 nitrogen and oxygen atoms in total. The van der Waals surface area contributed by atoms with Crippen molar-refractivity contribution >= 4 is 5.97 Å². The smallest absolute Gasteiger partial charge is 0.307 e. The molecule has 0 fully saturated rings. The second-order valence-corrected chi connectivity index (χ2v) is 6.25. The number of carboxylic acid groups (broad SMARTS) is 1. The van der Waals surface area contributed by atoms with Crippen LogP contribution < -0.4 is 0 Å². The average Bonchev–Trinajstić information content (AvgIpc) is 2.47. The molecule has 3 unspecified atom stereocenters. The summed E-state index contributed by atoms with van der Waals surface area (Å²) in [5.41, 5.74) is 1.11. The lowest BCUT2D eigenvalue weighted by molar-refractivity contribution is -0.149. The molecule has 0 aromatic heterocycles. The van der Waals surface area contributed by atoms with Gasteiger partial charge in [0.15, 0.2) is 0 Å². The quantitative estimate of drug-likeness (QED) is 0.681. The average molecular weight is 290 g/mol. The number of hydrogen-bond acceptors (Lipinski definition) is 1. The SMILES string of the molecule is CCCC(Cc1ccccc1)(C(C)CC)C(CC)C(=O)O. The van der Waals surface area contributed by atoms with Crippen LogP contribution in [0.1, 0.15) is 58.9 Å². The van der Waals surface area contributed by atoms with E-state index in [1.54, 1.807) is 0 Å². The van der Waals surface area contributed by atoms with Gasteiger partial charge in [-0.05, 0) is 36.2 Å². The highest BCUT2D eigenvalue weighted by Crippen LogP contribution is 2.46. The summed E-state index contributed by atoms with van der Waals surface area (Å²) in [7, 11) is 0. The molecule has 0 radical (unpaired) electrons. The van der Waals surface area contributed by atoms with Crippen LogP contribution in [0.5, 0.6) is 0 Å². The number of benzene rings is 1. The van der Waals surface area contributed by atoms with Crippen molar-refractivity contribution in [3.63, 3.8) is 0 Å². The van der Waals surface area contributed by atoms with E-state index in [1.807, 2.05) is 25.1 Å². The Hall–Kier alpha value is -1.31. The molecule has 0 bridgehead atoms. The van der Waals surface area contributed by atoms with E-state index in [2.05, 4.69) is 32.9 Å². The summed E-state index contributed by atoms with van der Waals surface area (Å²) < 4.78 is 0. The first-order valence-electron chi connectivity index (χ1n) is 8.28. The maximum Gasteiger partial charge on any atom is 0.307 e. The van der Waals surface area contributed by atoms with Crippen LogP contribution in [-0.4, -0.2) is 11.1 Å². The molecule has 0 aliphatic carbocycles. The Kier molecular flexibility index (Phi) is 6.94. The van der Waals surface area contributed by atoms with Crippen molar-refractivity contribution in [3.8, 4) is 0 Å². The third-order valence-corrected chi connectivity index (χ3v) is 5.09. The summed E-state index contributed by atoms with van der Waals surface area (Å²) in [4.78, 5) is 11.9. The van der Waals surface area contributed by atoms with Gasteiger partial charge in [0.1, 0.15) is 0 Å². The minimum atomic E-state index is -0.637. The molecule has 2 heteroatoms. The molecule has 1 aromatic rings. The fourth-order valence-corrected chi connectivity index (χ4v) is 3.82. The molecular weight excluding hydrogens is 260 g/mol. The van der Waals surface area contributed by atoms with Crippen LogP contribution in [0, 0.1) is 17.3 Å². The third kappa shape index (κ3) is 4.09. The van der Waals surface area contributed by atoms with Crippen molar-refractivity contribution in [1.82, 2.24) is 0 Å². The number of rotatable bonds is 9. The van der Waals surface area contributed by atoms with Crippen molar-refractivity contribution in [1.29, 1.82) is 0 Å². The van der Waals surface area contributed by atoms with E-state index in [-0.39, 0.29) is 11.3 Å². The van der Waals surface area contributed by atoms with Gasteiger partial charge in [0.05, 0.1) is 5.92 Å². The van der Waals surface area contributed by atoms with E-state index < -0.39 is 5.97 Å². The first-order chi connectivity index (χ1) is 10.0. The van der Waals surface area contributed by atoms with Crippen LogP contribution in [0.4, 0.5) is 0 Å². The highest BCUT2D eigenvalue weighted by molar-refractivity contribution is 5.71. The molecule has 0 spiro atoms. The lowest BCUT2D eigenvalue weighted by Gasteiger charge is -2.44. The molecule has 118 valence electrons. The summed E-state index contributed by atoms with van der Waals surface area (Å²) >= 11 is 0. The summed E-state index contributed by atoms with van der Waals surface area (Å²) in [6.07, 6.45) is 4.59. The molecule has 0 saturated heterocycles. The maximum absolute atomic E-state index is 11.9. The largest absolute Gasteiger partial charge is 0.481 e. The Morgan fingerprint density at radius 1 is 1.14 bits per heavy atom. The minimum Gasteiger partial charge on any atom is -0.481 e. The molecule has 0 saturated carbocycles. The Labute approximate surface area is 129 Å². The fourth-order valence-electron chi connectivity index (χ4n) is 3.82. The molecule has 3 atom stereocenters. The van der Waals surface area contributed by atoms with Crippen LogP contribution in [0.3, 0.4) is 0 Å². The van der Waals surface area contributed by atoms with Crippen LogP contribution in [0.25, 0.3) is 0 Å². The normalized spacial score (nSPS) is 17.0. The molecule has 21 heavy (non-hydrogen) atoms. The molecule has 0 aliphatic heterocycles. The molecule has 0 aliphatic rings. The highest BCUT2D eigenvalue weighted by Gasteiger charge is 2.44. The second-order valence-electron chi connectivity index (χ2n) is 6.25. The van der Waals surface area contributed by atoms with E-state index in [4.69, 9.17) is 0 Å². The Bertz CT molecular complexity index is 426. The predicted octanol–water partition coefficient (Wildman–Crippen LogP) is 5.17. The van der Waals surface area contributed by atoms with Crippen molar-refractivity contribution < 1.29 is 9.90 Å².